The molecule has 98 valence electrons. The predicted octanol–water partition coefficient (Wildman–Crippen LogP) is 0.442. The summed E-state index contributed by atoms with van der Waals surface area (Å²) in [6, 6.07) is 1.21. The van der Waals surface area contributed by atoms with Gasteiger partial charge in [-0.15, -0.1) is 0 Å². The van der Waals surface area contributed by atoms with E-state index in [0.29, 0.717) is 6.61 Å². The smallest absolute Gasteiger partial charge is 0.257 e. The fourth-order valence-corrected chi connectivity index (χ4v) is 1.91. The van der Waals surface area contributed by atoms with E-state index in [1.165, 1.54) is 17.2 Å². The minimum absolute atomic E-state index is 0.00422. The first-order valence-corrected chi connectivity index (χ1v) is 5.76. The molecule has 1 aliphatic rings. The number of hydrogen-bond acceptors (Lipinski definition) is 4. The number of carbonyl (C=O) groups is 1. The molecule has 0 radical (unpaired) electrons. The standard InChI is InChI=1S/C12H15FN2O3/c1-8-7-18-9(6-16)5-15(8)12(17)10-2-3-14-4-11(10)13/h2-4,8-9,16H,5-7H2,1H3. The van der Waals surface area contributed by atoms with Gasteiger partial charge in [-0.05, 0) is 13.0 Å². The van der Waals surface area contributed by atoms with E-state index in [0.717, 1.165) is 6.20 Å². The average Bonchev–Trinajstić information content (AvgIpc) is 2.39. The number of aromatic nitrogens is 1. The summed E-state index contributed by atoms with van der Waals surface area (Å²) in [6.45, 7) is 2.27. The number of carbonyl (C=O) groups excluding carboxylic acids is 1. The quantitative estimate of drug-likeness (QED) is 0.832. The third kappa shape index (κ3) is 2.49. The van der Waals surface area contributed by atoms with Crippen LogP contribution in [0.25, 0.3) is 0 Å². The molecule has 2 unspecified atom stereocenters. The lowest BCUT2D eigenvalue weighted by molar-refractivity contribution is -0.0668. The van der Waals surface area contributed by atoms with Crippen LogP contribution in [0.4, 0.5) is 4.39 Å². The number of hydrogen-bond donors (Lipinski definition) is 1. The number of aliphatic hydroxyl groups is 1. The van der Waals surface area contributed by atoms with Crippen molar-refractivity contribution in [3.63, 3.8) is 0 Å². The molecular weight excluding hydrogens is 239 g/mol. The Labute approximate surface area is 104 Å². The molecule has 2 atom stereocenters. The molecule has 1 aromatic heterocycles. The number of pyridine rings is 1. The third-order valence-electron chi connectivity index (χ3n) is 2.97. The molecule has 1 fully saturated rings. The van der Waals surface area contributed by atoms with Gasteiger partial charge in [0.1, 0.15) is 0 Å². The molecule has 18 heavy (non-hydrogen) atoms. The van der Waals surface area contributed by atoms with Crippen LogP contribution in [0, 0.1) is 5.82 Å². The van der Waals surface area contributed by atoms with Crippen molar-refractivity contribution >= 4 is 5.91 Å². The molecule has 0 aromatic carbocycles. The maximum absolute atomic E-state index is 13.5. The van der Waals surface area contributed by atoms with Gasteiger partial charge in [-0.3, -0.25) is 9.78 Å². The van der Waals surface area contributed by atoms with Gasteiger partial charge in [-0.1, -0.05) is 0 Å². The summed E-state index contributed by atoms with van der Waals surface area (Å²) in [6.07, 6.45) is 1.99. The van der Waals surface area contributed by atoms with Crippen molar-refractivity contribution in [2.24, 2.45) is 0 Å². The molecule has 2 rings (SSSR count). The van der Waals surface area contributed by atoms with Crippen molar-refractivity contribution in [3.8, 4) is 0 Å². The maximum Gasteiger partial charge on any atom is 0.257 e. The van der Waals surface area contributed by atoms with Crippen LogP contribution in [0.15, 0.2) is 18.5 Å². The van der Waals surface area contributed by atoms with Crippen molar-refractivity contribution in [3.05, 3.63) is 29.8 Å². The van der Waals surface area contributed by atoms with E-state index in [1.807, 2.05) is 6.92 Å². The molecule has 0 spiro atoms. The lowest BCUT2D eigenvalue weighted by Gasteiger charge is -2.37. The molecule has 1 aromatic rings. The highest BCUT2D eigenvalue weighted by atomic mass is 19.1. The van der Waals surface area contributed by atoms with E-state index in [2.05, 4.69) is 4.98 Å². The van der Waals surface area contributed by atoms with Gasteiger partial charge in [0, 0.05) is 12.7 Å². The number of aliphatic hydroxyl groups excluding tert-OH is 1. The second kappa shape index (κ2) is 5.41. The summed E-state index contributed by atoms with van der Waals surface area (Å²) in [7, 11) is 0. The molecular formula is C12H15FN2O3. The van der Waals surface area contributed by atoms with Crippen LogP contribution < -0.4 is 0 Å². The summed E-state index contributed by atoms with van der Waals surface area (Å²) in [5, 5.41) is 9.05. The number of halogens is 1. The molecule has 1 aliphatic heterocycles. The first kappa shape index (κ1) is 12.9. The summed E-state index contributed by atoms with van der Waals surface area (Å²) in [5.74, 6) is -1.04. The second-order valence-electron chi connectivity index (χ2n) is 4.30. The SMILES string of the molecule is CC1COC(CO)CN1C(=O)c1ccncc1F. The van der Waals surface area contributed by atoms with Gasteiger partial charge in [0.15, 0.2) is 5.82 Å². The van der Waals surface area contributed by atoms with Crippen LogP contribution in [-0.4, -0.2) is 52.8 Å². The minimum Gasteiger partial charge on any atom is -0.394 e. The monoisotopic (exact) mass is 254 g/mol. The van der Waals surface area contributed by atoms with E-state index in [4.69, 9.17) is 9.84 Å². The number of nitrogens with zero attached hydrogens (tertiary/aromatic N) is 2. The van der Waals surface area contributed by atoms with Crippen molar-refractivity contribution in [2.45, 2.75) is 19.1 Å². The van der Waals surface area contributed by atoms with Crippen LogP contribution in [0.5, 0.6) is 0 Å². The zero-order chi connectivity index (χ0) is 13.1. The van der Waals surface area contributed by atoms with Crippen LogP contribution in [0.3, 0.4) is 0 Å². The first-order chi connectivity index (χ1) is 8.63. The van der Waals surface area contributed by atoms with E-state index in [9.17, 15) is 9.18 Å². The Morgan fingerprint density at radius 1 is 1.72 bits per heavy atom. The molecule has 1 saturated heterocycles. The van der Waals surface area contributed by atoms with Gasteiger partial charge in [-0.2, -0.15) is 0 Å². The van der Waals surface area contributed by atoms with E-state index < -0.39 is 17.8 Å². The van der Waals surface area contributed by atoms with Crippen LogP contribution in [0.2, 0.25) is 0 Å². The lowest BCUT2D eigenvalue weighted by Crippen LogP contribution is -2.52. The average molecular weight is 254 g/mol. The van der Waals surface area contributed by atoms with Gasteiger partial charge in [0.25, 0.3) is 5.91 Å². The van der Waals surface area contributed by atoms with Crippen molar-refractivity contribution in [2.75, 3.05) is 19.8 Å². The molecule has 0 bridgehead atoms. The lowest BCUT2D eigenvalue weighted by atomic mass is 10.1. The zero-order valence-electron chi connectivity index (χ0n) is 10.0. The molecule has 5 nitrogen and oxygen atoms in total. The number of ether oxygens (including phenoxy) is 1. The first-order valence-electron chi connectivity index (χ1n) is 5.76. The van der Waals surface area contributed by atoms with Crippen molar-refractivity contribution in [1.29, 1.82) is 0 Å². The Bertz CT molecular complexity index is 441. The van der Waals surface area contributed by atoms with Crippen molar-refractivity contribution < 1.29 is 19.0 Å². The molecule has 2 heterocycles. The number of amides is 1. The van der Waals surface area contributed by atoms with Crippen molar-refractivity contribution in [1.82, 2.24) is 9.88 Å². The van der Waals surface area contributed by atoms with Crippen LogP contribution >= 0.6 is 0 Å². The highest BCUT2D eigenvalue weighted by molar-refractivity contribution is 5.94. The third-order valence-corrected chi connectivity index (χ3v) is 2.97. The zero-order valence-corrected chi connectivity index (χ0v) is 10.0. The van der Waals surface area contributed by atoms with Gasteiger partial charge < -0.3 is 14.7 Å². The number of rotatable bonds is 2. The minimum atomic E-state index is -0.637. The molecule has 6 heteroatoms. The topological polar surface area (TPSA) is 62.7 Å². The normalized spacial score (nSPS) is 24.1. The fourth-order valence-electron chi connectivity index (χ4n) is 1.91. The molecule has 1 amide bonds. The summed E-state index contributed by atoms with van der Waals surface area (Å²) >= 11 is 0. The summed E-state index contributed by atoms with van der Waals surface area (Å²) < 4.78 is 18.8. The molecule has 0 aliphatic carbocycles. The largest absolute Gasteiger partial charge is 0.394 e. The fraction of sp³-hybridized carbons (Fsp3) is 0.500. The van der Waals surface area contributed by atoms with Crippen LogP contribution in [-0.2, 0) is 4.74 Å². The highest BCUT2D eigenvalue weighted by Gasteiger charge is 2.30. The molecule has 1 N–H and O–H groups in total. The Morgan fingerprint density at radius 2 is 2.50 bits per heavy atom. The predicted molar refractivity (Wildman–Crippen MR) is 61.5 cm³/mol. The second-order valence-corrected chi connectivity index (χ2v) is 4.30. The Balaban J connectivity index is 2.19. The van der Waals surface area contributed by atoms with E-state index in [-0.39, 0.29) is 24.8 Å². The number of morpholine rings is 1. The summed E-state index contributed by atoms with van der Waals surface area (Å²) in [5.41, 5.74) is -0.00422. The van der Waals surface area contributed by atoms with Crippen LogP contribution in [0.1, 0.15) is 17.3 Å². The van der Waals surface area contributed by atoms with E-state index in [1.54, 1.807) is 0 Å². The molecule has 0 saturated carbocycles. The summed E-state index contributed by atoms with van der Waals surface area (Å²) in [4.78, 5) is 17.3. The Morgan fingerprint density at radius 3 is 3.17 bits per heavy atom. The Hall–Kier alpha value is -1.53. The van der Waals surface area contributed by atoms with Gasteiger partial charge in [-0.25, -0.2) is 4.39 Å². The van der Waals surface area contributed by atoms with Gasteiger partial charge in [0.2, 0.25) is 0 Å². The van der Waals surface area contributed by atoms with Gasteiger partial charge in [0.05, 0.1) is 37.1 Å². The maximum atomic E-state index is 13.5. The van der Waals surface area contributed by atoms with E-state index >= 15 is 0 Å². The van der Waals surface area contributed by atoms with Gasteiger partial charge >= 0.3 is 0 Å². The highest BCUT2D eigenvalue weighted by Crippen LogP contribution is 2.16. The Kier molecular flexibility index (Phi) is 3.88.